The lowest BCUT2D eigenvalue weighted by Crippen LogP contribution is -2.23. The molecule has 178 valence electrons. The predicted molar refractivity (Wildman–Crippen MR) is 131 cm³/mol. The molecular formula is C25H22FN5O3S. The molecule has 1 heterocycles. The van der Waals surface area contributed by atoms with Gasteiger partial charge in [-0.1, -0.05) is 42.1 Å². The molecule has 1 N–H and O–H groups in total. The van der Waals surface area contributed by atoms with E-state index in [2.05, 4.69) is 15.5 Å². The number of carbonyl (C=O) groups is 1. The highest BCUT2D eigenvalue weighted by Gasteiger charge is 2.16. The number of halogens is 1. The number of aromatic nitrogens is 3. The van der Waals surface area contributed by atoms with Crippen LogP contribution in [0.3, 0.4) is 0 Å². The number of carbonyl (C=O) groups excluding carboxylic acids is 1. The average molecular weight is 492 g/mol. The van der Waals surface area contributed by atoms with Gasteiger partial charge in [-0.15, -0.1) is 10.2 Å². The summed E-state index contributed by atoms with van der Waals surface area (Å²) >= 11 is 1.46. The van der Waals surface area contributed by atoms with Crippen LogP contribution in [0.5, 0.6) is 0 Å². The van der Waals surface area contributed by atoms with Crippen LogP contribution in [0.15, 0.2) is 78.0 Å². The zero-order chi connectivity index (χ0) is 24.8. The van der Waals surface area contributed by atoms with Crippen LogP contribution in [-0.2, 0) is 18.8 Å². The first-order valence-electron chi connectivity index (χ1n) is 10.9. The standard InChI is InChI=1S/C25H22FN5O3S/c1-2-30-23(18-9-13-21(14-10-18)31(33)34)28-29-25(30)35-16-19-5-3-4-6-22(19)24(32)27-15-17-7-11-20(26)12-8-17/h3-14H,2,15-16H2,1H3,(H,27,32). The van der Waals surface area contributed by atoms with Crippen molar-refractivity contribution in [1.82, 2.24) is 20.1 Å². The fraction of sp³-hybridized carbons (Fsp3) is 0.160. The number of nitro benzene ring substituents is 1. The van der Waals surface area contributed by atoms with Gasteiger partial charge in [-0.3, -0.25) is 14.9 Å². The third-order valence-corrected chi connectivity index (χ3v) is 6.37. The summed E-state index contributed by atoms with van der Waals surface area (Å²) in [4.78, 5) is 23.3. The molecule has 0 radical (unpaired) electrons. The van der Waals surface area contributed by atoms with Gasteiger partial charge in [-0.25, -0.2) is 4.39 Å². The summed E-state index contributed by atoms with van der Waals surface area (Å²) in [6.07, 6.45) is 0. The van der Waals surface area contributed by atoms with Crippen LogP contribution in [0.4, 0.5) is 10.1 Å². The summed E-state index contributed by atoms with van der Waals surface area (Å²) in [5.74, 6) is 0.585. The lowest BCUT2D eigenvalue weighted by atomic mass is 10.1. The first-order valence-corrected chi connectivity index (χ1v) is 11.9. The number of hydrogen-bond acceptors (Lipinski definition) is 6. The SMILES string of the molecule is CCn1c(SCc2ccccc2C(=O)NCc2ccc(F)cc2)nnc1-c1ccc([N+](=O)[O-])cc1. The van der Waals surface area contributed by atoms with E-state index >= 15 is 0 Å². The monoisotopic (exact) mass is 491 g/mol. The minimum absolute atomic E-state index is 0.0141. The second-order valence-corrected chi connectivity index (χ2v) is 8.55. The minimum Gasteiger partial charge on any atom is -0.348 e. The summed E-state index contributed by atoms with van der Waals surface area (Å²) in [5.41, 5.74) is 2.95. The van der Waals surface area contributed by atoms with E-state index in [0.717, 1.165) is 16.7 Å². The van der Waals surface area contributed by atoms with Crippen molar-refractivity contribution in [2.75, 3.05) is 0 Å². The average Bonchev–Trinajstić information content (AvgIpc) is 3.30. The van der Waals surface area contributed by atoms with Gasteiger partial charge in [0.05, 0.1) is 4.92 Å². The molecule has 1 aromatic heterocycles. The molecular weight excluding hydrogens is 469 g/mol. The maximum atomic E-state index is 13.1. The van der Waals surface area contributed by atoms with Crippen LogP contribution in [0.2, 0.25) is 0 Å². The maximum absolute atomic E-state index is 13.1. The van der Waals surface area contributed by atoms with Crippen molar-refractivity contribution in [3.05, 3.63) is 105 Å². The highest BCUT2D eigenvalue weighted by Crippen LogP contribution is 2.28. The predicted octanol–water partition coefficient (Wildman–Crippen LogP) is 5.23. The highest BCUT2D eigenvalue weighted by atomic mass is 32.2. The lowest BCUT2D eigenvalue weighted by Gasteiger charge is -2.11. The van der Waals surface area contributed by atoms with Crippen LogP contribution in [0, 0.1) is 15.9 Å². The number of nitrogens with one attached hydrogen (secondary N) is 1. The number of nitro groups is 1. The Kier molecular flexibility index (Phi) is 7.51. The maximum Gasteiger partial charge on any atom is 0.269 e. The molecule has 4 rings (SSSR count). The van der Waals surface area contributed by atoms with E-state index in [0.29, 0.717) is 35.4 Å². The molecule has 1 amide bonds. The van der Waals surface area contributed by atoms with Crippen LogP contribution in [0.25, 0.3) is 11.4 Å². The summed E-state index contributed by atoms with van der Waals surface area (Å²) in [7, 11) is 0. The molecule has 0 fully saturated rings. The second kappa shape index (κ2) is 10.9. The topological polar surface area (TPSA) is 103 Å². The van der Waals surface area contributed by atoms with Gasteiger partial charge in [0.2, 0.25) is 0 Å². The van der Waals surface area contributed by atoms with Crippen LogP contribution < -0.4 is 5.32 Å². The van der Waals surface area contributed by atoms with E-state index in [9.17, 15) is 19.3 Å². The molecule has 8 nitrogen and oxygen atoms in total. The third-order valence-electron chi connectivity index (χ3n) is 5.35. The number of nitrogens with zero attached hydrogens (tertiary/aromatic N) is 4. The molecule has 0 saturated heterocycles. The van der Waals surface area contributed by atoms with Crippen molar-refractivity contribution in [2.45, 2.75) is 30.9 Å². The van der Waals surface area contributed by atoms with Gasteiger partial charge >= 0.3 is 0 Å². The van der Waals surface area contributed by atoms with E-state index in [1.807, 2.05) is 29.7 Å². The number of rotatable bonds is 9. The largest absolute Gasteiger partial charge is 0.348 e. The number of non-ortho nitro benzene ring substituents is 1. The third kappa shape index (κ3) is 5.72. The number of hydrogen-bond donors (Lipinski definition) is 1. The van der Waals surface area contributed by atoms with Crippen molar-refractivity contribution in [2.24, 2.45) is 0 Å². The second-order valence-electron chi connectivity index (χ2n) is 7.61. The zero-order valence-electron chi connectivity index (χ0n) is 18.8. The van der Waals surface area contributed by atoms with Crippen molar-refractivity contribution in [3.8, 4) is 11.4 Å². The summed E-state index contributed by atoms with van der Waals surface area (Å²) in [6, 6.07) is 19.5. The molecule has 0 saturated carbocycles. The Morgan fingerprint density at radius 3 is 2.46 bits per heavy atom. The first-order chi connectivity index (χ1) is 17.0. The first kappa shape index (κ1) is 24.1. The fourth-order valence-electron chi connectivity index (χ4n) is 3.52. The van der Waals surface area contributed by atoms with Gasteiger partial charge in [-0.05, 0) is 48.4 Å². The van der Waals surface area contributed by atoms with E-state index in [1.54, 1.807) is 30.3 Å². The summed E-state index contributed by atoms with van der Waals surface area (Å²) < 4.78 is 15.0. The number of amides is 1. The molecule has 0 spiro atoms. The Hall–Kier alpha value is -4.05. The van der Waals surface area contributed by atoms with Crippen LogP contribution in [0.1, 0.15) is 28.4 Å². The van der Waals surface area contributed by atoms with E-state index in [-0.39, 0.29) is 17.4 Å². The molecule has 0 aliphatic carbocycles. The molecule has 0 unspecified atom stereocenters. The summed E-state index contributed by atoms with van der Waals surface area (Å²) in [5, 5.41) is 23.1. The van der Waals surface area contributed by atoms with Crippen LogP contribution >= 0.6 is 11.8 Å². The fourth-order valence-corrected chi connectivity index (χ4v) is 4.52. The Balaban J connectivity index is 1.47. The molecule has 0 bridgehead atoms. The quantitative estimate of drug-likeness (QED) is 0.195. The zero-order valence-corrected chi connectivity index (χ0v) is 19.7. The van der Waals surface area contributed by atoms with Crippen molar-refractivity contribution in [3.63, 3.8) is 0 Å². The van der Waals surface area contributed by atoms with Crippen LogP contribution in [-0.4, -0.2) is 25.6 Å². The number of thioether (sulfide) groups is 1. The van der Waals surface area contributed by atoms with Gasteiger partial charge in [-0.2, -0.15) is 0 Å². The van der Waals surface area contributed by atoms with E-state index in [1.165, 1.54) is 36.0 Å². The van der Waals surface area contributed by atoms with Crippen molar-refractivity contribution < 1.29 is 14.1 Å². The highest BCUT2D eigenvalue weighted by molar-refractivity contribution is 7.98. The van der Waals surface area contributed by atoms with E-state index in [4.69, 9.17) is 0 Å². The Bertz CT molecular complexity index is 1340. The lowest BCUT2D eigenvalue weighted by molar-refractivity contribution is -0.384. The van der Waals surface area contributed by atoms with Gasteiger partial charge in [0.15, 0.2) is 11.0 Å². The van der Waals surface area contributed by atoms with Gasteiger partial charge in [0.25, 0.3) is 11.6 Å². The Morgan fingerprint density at radius 2 is 1.77 bits per heavy atom. The Morgan fingerprint density at radius 1 is 1.06 bits per heavy atom. The number of benzene rings is 3. The molecule has 0 atom stereocenters. The minimum atomic E-state index is -0.442. The molecule has 0 aliphatic heterocycles. The molecule has 3 aromatic carbocycles. The van der Waals surface area contributed by atoms with Gasteiger partial charge in [0.1, 0.15) is 5.82 Å². The smallest absolute Gasteiger partial charge is 0.269 e. The van der Waals surface area contributed by atoms with Crippen molar-refractivity contribution >= 4 is 23.4 Å². The van der Waals surface area contributed by atoms with Crippen molar-refractivity contribution in [1.29, 1.82) is 0 Å². The normalized spacial score (nSPS) is 10.8. The van der Waals surface area contributed by atoms with Gasteiger partial charge < -0.3 is 9.88 Å². The molecule has 0 aliphatic rings. The van der Waals surface area contributed by atoms with Gasteiger partial charge in [0, 0.05) is 42.1 Å². The van der Waals surface area contributed by atoms with E-state index < -0.39 is 4.92 Å². The molecule has 10 heteroatoms. The Labute approximate surface area is 205 Å². The molecule has 35 heavy (non-hydrogen) atoms. The molecule has 4 aromatic rings. The summed E-state index contributed by atoms with van der Waals surface area (Å²) in [6.45, 7) is 2.88.